The van der Waals surface area contributed by atoms with Crippen molar-refractivity contribution in [3.05, 3.63) is 71.0 Å². The Balaban J connectivity index is 2.25. The first-order valence-corrected chi connectivity index (χ1v) is 7.13. The molecular weight excluding hydrogens is 342 g/mol. The standard InChI is InChI=1S/C17H13F4NO3/c18-13-8-4-1-5-10(13)9-14(16(24)25)22-15(23)11-6-2-3-7-12(11)17(19,20)21/h1-8,14H,9H2,(H,22,23)(H,24,25)/t14-/m0/s1. The lowest BCUT2D eigenvalue weighted by molar-refractivity contribution is -0.139. The third-order valence-corrected chi connectivity index (χ3v) is 3.46. The number of carboxylic acid groups (broad SMARTS) is 1. The number of alkyl halides is 3. The molecule has 25 heavy (non-hydrogen) atoms. The van der Waals surface area contributed by atoms with E-state index in [2.05, 4.69) is 0 Å². The molecule has 0 aliphatic heterocycles. The van der Waals surface area contributed by atoms with Crippen LogP contribution in [0.2, 0.25) is 0 Å². The average Bonchev–Trinajstić information content (AvgIpc) is 2.55. The Bertz CT molecular complexity index is 789. The minimum atomic E-state index is -4.77. The van der Waals surface area contributed by atoms with Crippen molar-refractivity contribution in [2.75, 3.05) is 0 Å². The summed E-state index contributed by atoms with van der Waals surface area (Å²) in [6.07, 6.45) is -5.17. The normalized spacial score (nSPS) is 12.5. The van der Waals surface area contributed by atoms with Gasteiger partial charge in [0.05, 0.1) is 11.1 Å². The molecule has 2 aromatic rings. The molecule has 4 nitrogen and oxygen atoms in total. The van der Waals surface area contributed by atoms with Crippen molar-refractivity contribution in [2.45, 2.75) is 18.6 Å². The third kappa shape index (κ3) is 4.56. The SMILES string of the molecule is O=C(N[C@@H](Cc1ccccc1F)C(=O)O)c1ccccc1C(F)(F)F. The topological polar surface area (TPSA) is 66.4 Å². The highest BCUT2D eigenvalue weighted by Gasteiger charge is 2.35. The monoisotopic (exact) mass is 355 g/mol. The molecule has 0 unspecified atom stereocenters. The molecule has 132 valence electrons. The second-order valence-electron chi connectivity index (χ2n) is 5.20. The van der Waals surface area contributed by atoms with E-state index in [-0.39, 0.29) is 5.56 Å². The van der Waals surface area contributed by atoms with Gasteiger partial charge in [-0.25, -0.2) is 9.18 Å². The van der Waals surface area contributed by atoms with E-state index in [0.29, 0.717) is 0 Å². The Morgan fingerprint density at radius 2 is 1.64 bits per heavy atom. The number of hydrogen-bond acceptors (Lipinski definition) is 2. The molecule has 0 fully saturated rings. The Morgan fingerprint density at radius 1 is 1.04 bits per heavy atom. The molecule has 2 rings (SSSR count). The summed E-state index contributed by atoms with van der Waals surface area (Å²) in [5, 5.41) is 11.2. The largest absolute Gasteiger partial charge is 0.480 e. The maximum Gasteiger partial charge on any atom is 0.417 e. The van der Waals surface area contributed by atoms with Gasteiger partial charge in [0.2, 0.25) is 0 Å². The number of amides is 1. The number of rotatable bonds is 5. The van der Waals surface area contributed by atoms with Crippen LogP contribution < -0.4 is 5.32 Å². The van der Waals surface area contributed by atoms with Gasteiger partial charge < -0.3 is 10.4 Å². The first-order chi connectivity index (χ1) is 11.7. The van der Waals surface area contributed by atoms with Gasteiger partial charge in [-0.3, -0.25) is 4.79 Å². The zero-order valence-electron chi connectivity index (χ0n) is 12.7. The van der Waals surface area contributed by atoms with Crippen LogP contribution in [-0.2, 0) is 17.4 Å². The van der Waals surface area contributed by atoms with Crippen LogP contribution >= 0.6 is 0 Å². The van der Waals surface area contributed by atoms with Gasteiger partial charge in [-0.2, -0.15) is 13.2 Å². The van der Waals surface area contributed by atoms with Crippen LogP contribution in [0.5, 0.6) is 0 Å². The fourth-order valence-electron chi connectivity index (χ4n) is 2.25. The van der Waals surface area contributed by atoms with Crippen molar-refractivity contribution in [1.29, 1.82) is 0 Å². The van der Waals surface area contributed by atoms with E-state index in [4.69, 9.17) is 0 Å². The molecule has 2 aromatic carbocycles. The number of benzene rings is 2. The van der Waals surface area contributed by atoms with E-state index < -0.39 is 47.5 Å². The molecule has 1 amide bonds. The highest BCUT2D eigenvalue weighted by Crippen LogP contribution is 2.31. The number of nitrogens with one attached hydrogen (secondary N) is 1. The summed E-state index contributed by atoms with van der Waals surface area (Å²) >= 11 is 0. The first-order valence-electron chi connectivity index (χ1n) is 7.13. The third-order valence-electron chi connectivity index (χ3n) is 3.46. The first kappa shape index (κ1) is 18.4. The van der Waals surface area contributed by atoms with Crippen LogP contribution in [0, 0.1) is 5.82 Å². The molecule has 2 N–H and O–H groups in total. The molecule has 0 aromatic heterocycles. The minimum absolute atomic E-state index is 0.0271. The Hall–Kier alpha value is -2.90. The van der Waals surface area contributed by atoms with Crippen molar-refractivity contribution in [3.8, 4) is 0 Å². The second kappa shape index (κ2) is 7.33. The molecular formula is C17H13F4NO3. The van der Waals surface area contributed by atoms with Gasteiger partial charge in [0.1, 0.15) is 11.9 Å². The van der Waals surface area contributed by atoms with Crippen LogP contribution in [-0.4, -0.2) is 23.0 Å². The minimum Gasteiger partial charge on any atom is -0.480 e. The van der Waals surface area contributed by atoms with Gasteiger partial charge in [-0.1, -0.05) is 30.3 Å². The number of carbonyl (C=O) groups excluding carboxylic acids is 1. The van der Waals surface area contributed by atoms with E-state index in [0.717, 1.165) is 24.3 Å². The number of hydrogen-bond donors (Lipinski definition) is 2. The van der Waals surface area contributed by atoms with Crippen LogP contribution in [0.1, 0.15) is 21.5 Å². The smallest absolute Gasteiger partial charge is 0.417 e. The van der Waals surface area contributed by atoms with Gasteiger partial charge >= 0.3 is 12.1 Å². The summed E-state index contributed by atoms with van der Waals surface area (Å²) in [4.78, 5) is 23.4. The maximum absolute atomic E-state index is 13.6. The van der Waals surface area contributed by atoms with Crippen LogP contribution in [0.3, 0.4) is 0 Å². The average molecular weight is 355 g/mol. The zero-order chi connectivity index (χ0) is 18.6. The molecule has 0 spiro atoms. The van der Waals surface area contributed by atoms with Crippen LogP contribution in [0.15, 0.2) is 48.5 Å². The fourth-order valence-corrected chi connectivity index (χ4v) is 2.25. The summed E-state index contributed by atoms with van der Waals surface area (Å²) in [6, 6.07) is 7.79. The van der Waals surface area contributed by atoms with Crippen molar-refractivity contribution in [1.82, 2.24) is 5.32 Å². The van der Waals surface area contributed by atoms with Gasteiger partial charge in [0.15, 0.2) is 0 Å². The summed E-state index contributed by atoms with van der Waals surface area (Å²) in [5.74, 6) is -3.35. The summed E-state index contributed by atoms with van der Waals surface area (Å²) < 4.78 is 52.5. The molecule has 8 heteroatoms. The molecule has 0 heterocycles. The number of carboxylic acids is 1. The van der Waals surface area contributed by atoms with E-state index >= 15 is 0 Å². The molecule has 0 aliphatic rings. The van der Waals surface area contributed by atoms with Crippen molar-refractivity contribution < 1.29 is 32.3 Å². The number of halogens is 4. The molecule has 0 aliphatic carbocycles. The molecule has 0 radical (unpaired) electrons. The van der Waals surface area contributed by atoms with Gasteiger partial charge in [0.25, 0.3) is 5.91 Å². The van der Waals surface area contributed by atoms with Crippen molar-refractivity contribution in [3.63, 3.8) is 0 Å². The summed E-state index contributed by atoms with van der Waals surface area (Å²) in [7, 11) is 0. The lowest BCUT2D eigenvalue weighted by Crippen LogP contribution is -2.43. The molecule has 0 saturated heterocycles. The number of aliphatic carboxylic acids is 1. The van der Waals surface area contributed by atoms with E-state index in [1.54, 1.807) is 0 Å². The quantitative estimate of drug-likeness (QED) is 0.809. The molecule has 1 atom stereocenters. The summed E-state index contributed by atoms with van der Waals surface area (Å²) in [6.45, 7) is 0. The lowest BCUT2D eigenvalue weighted by atomic mass is 10.0. The van der Waals surface area contributed by atoms with Crippen LogP contribution in [0.4, 0.5) is 17.6 Å². The van der Waals surface area contributed by atoms with E-state index in [9.17, 15) is 32.3 Å². The maximum atomic E-state index is 13.6. The zero-order valence-corrected chi connectivity index (χ0v) is 12.7. The van der Waals surface area contributed by atoms with E-state index in [1.807, 2.05) is 5.32 Å². The van der Waals surface area contributed by atoms with Crippen molar-refractivity contribution >= 4 is 11.9 Å². The van der Waals surface area contributed by atoms with Crippen LogP contribution in [0.25, 0.3) is 0 Å². The Morgan fingerprint density at radius 3 is 2.24 bits per heavy atom. The highest BCUT2D eigenvalue weighted by atomic mass is 19.4. The van der Waals surface area contributed by atoms with Crippen molar-refractivity contribution in [2.24, 2.45) is 0 Å². The Kier molecular flexibility index (Phi) is 5.41. The van der Waals surface area contributed by atoms with Gasteiger partial charge in [-0.15, -0.1) is 0 Å². The predicted molar refractivity (Wildman–Crippen MR) is 80.4 cm³/mol. The van der Waals surface area contributed by atoms with Gasteiger partial charge in [-0.05, 0) is 23.8 Å². The van der Waals surface area contributed by atoms with Gasteiger partial charge in [0, 0.05) is 6.42 Å². The lowest BCUT2D eigenvalue weighted by Gasteiger charge is -2.17. The fraction of sp³-hybridized carbons (Fsp3) is 0.176. The number of carbonyl (C=O) groups is 2. The second-order valence-corrected chi connectivity index (χ2v) is 5.20. The predicted octanol–water partition coefficient (Wildman–Crippen LogP) is 3.27. The molecule has 0 bridgehead atoms. The highest BCUT2D eigenvalue weighted by molar-refractivity contribution is 5.98. The Labute approximate surface area is 140 Å². The summed E-state index contributed by atoms with van der Waals surface area (Å²) in [5.41, 5.74) is -1.85. The van der Waals surface area contributed by atoms with E-state index in [1.165, 1.54) is 24.3 Å². The molecule has 0 saturated carbocycles.